The van der Waals surface area contributed by atoms with E-state index < -0.39 is 0 Å². The minimum atomic E-state index is -0.0161. The van der Waals surface area contributed by atoms with E-state index in [-0.39, 0.29) is 18.1 Å². The molecule has 0 aromatic carbocycles. The van der Waals surface area contributed by atoms with Crippen LogP contribution in [0.2, 0.25) is 0 Å². The minimum Gasteiger partial charge on any atom is -0.379 e. The fourth-order valence-corrected chi connectivity index (χ4v) is 2.91. The lowest BCUT2D eigenvalue weighted by Crippen LogP contribution is -2.38. The summed E-state index contributed by atoms with van der Waals surface area (Å²) < 4.78 is 11.2. The number of fused-ring (bicyclic) bond motifs is 1. The molecule has 0 spiro atoms. The largest absolute Gasteiger partial charge is 0.379 e. The van der Waals surface area contributed by atoms with Crippen molar-refractivity contribution in [3.63, 3.8) is 0 Å². The zero-order valence-electron chi connectivity index (χ0n) is 10.9. The van der Waals surface area contributed by atoms with Crippen molar-refractivity contribution in [3.8, 4) is 0 Å². The smallest absolute Gasteiger partial charge is 0.255 e. The number of nitrogens with zero attached hydrogens (tertiary/aromatic N) is 3. The molecule has 102 valence electrons. The van der Waals surface area contributed by atoms with Crippen LogP contribution in [-0.4, -0.2) is 59.5 Å². The Morgan fingerprint density at radius 3 is 3.16 bits per heavy atom. The zero-order chi connectivity index (χ0) is 13.2. The van der Waals surface area contributed by atoms with Gasteiger partial charge in [0.1, 0.15) is 0 Å². The van der Waals surface area contributed by atoms with Gasteiger partial charge in [0.15, 0.2) is 0 Å². The lowest BCUT2D eigenvalue weighted by molar-refractivity contribution is 0.0257. The van der Waals surface area contributed by atoms with Gasteiger partial charge >= 0.3 is 0 Å². The number of carbonyl (C=O) groups is 1. The average Bonchev–Trinajstić information content (AvgIpc) is 3.03. The van der Waals surface area contributed by atoms with Crippen LogP contribution in [0, 0.1) is 5.92 Å². The van der Waals surface area contributed by atoms with Crippen LogP contribution in [0.15, 0.2) is 18.5 Å². The van der Waals surface area contributed by atoms with Gasteiger partial charge in [0.05, 0.1) is 43.3 Å². The summed E-state index contributed by atoms with van der Waals surface area (Å²) in [5, 5.41) is 7.45. The molecule has 1 amide bonds. The Balaban J connectivity index is 1.79. The van der Waals surface area contributed by atoms with E-state index in [1.165, 1.54) is 12.4 Å². The predicted octanol–water partition coefficient (Wildman–Crippen LogP) is 0.352. The first-order valence-corrected chi connectivity index (χ1v) is 6.58. The third kappa shape index (κ3) is 2.21. The minimum absolute atomic E-state index is 0.0161. The van der Waals surface area contributed by atoms with Crippen molar-refractivity contribution in [2.45, 2.75) is 19.1 Å². The Morgan fingerprint density at radius 2 is 2.42 bits per heavy atom. The van der Waals surface area contributed by atoms with Gasteiger partial charge in [0.25, 0.3) is 5.91 Å². The molecule has 0 bridgehead atoms. The number of carbonyl (C=O) groups excluding carboxylic acids is 1. The Morgan fingerprint density at radius 1 is 1.53 bits per heavy atom. The molecule has 0 N–H and O–H groups in total. The molecule has 2 saturated heterocycles. The monoisotopic (exact) mass is 263 g/mol. The quantitative estimate of drug-likeness (QED) is 0.787. The summed E-state index contributed by atoms with van der Waals surface area (Å²) in [5.41, 5.74) is 0.567. The van der Waals surface area contributed by atoms with Crippen molar-refractivity contribution in [2.24, 2.45) is 5.92 Å². The second kappa shape index (κ2) is 5.22. The average molecular weight is 263 g/mol. The van der Waals surface area contributed by atoms with Crippen LogP contribution < -0.4 is 0 Å². The lowest BCUT2D eigenvalue weighted by Gasteiger charge is -2.22. The summed E-state index contributed by atoms with van der Waals surface area (Å²) in [6.45, 7) is 4.54. The third-order valence-electron chi connectivity index (χ3n) is 3.82. The summed E-state index contributed by atoms with van der Waals surface area (Å²) in [4.78, 5) is 14.3. The maximum atomic E-state index is 12.5. The van der Waals surface area contributed by atoms with Gasteiger partial charge in [-0.05, 0) is 13.0 Å². The molecule has 2 aliphatic heterocycles. The topological polar surface area (TPSA) is 64.5 Å². The van der Waals surface area contributed by atoms with Gasteiger partial charge in [-0.15, -0.1) is 0 Å². The van der Waals surface area contributed by atoms with Gasteiger partial charge in [-0.2, -0.15) is 10.2 Å². The maximum Gasteiger partial charge on any atom is 0.255 e. The third-order valence-corrected chi connectivity index (χ3v) is 3.82. The van der Waals surface area contributed by atoms with E-state index in [1.807, 2.05) is 11.8 Å². The van der Waals surface area contributed by atoms with Gasteiger partial charge < -0.3 is 14.4 Å². The first kappa shape index (κ1) is 12.5. The maximum absolute atomic E-state index is 12.5. The summed E-state index contributed by atoms with van der Waals surface area (Å²) >= 11 is 0. The standard InChI is InChI=1S/C13H17N3O3/c1-2-19-12-6-16(11-8-18-7-10(11)12)13(17)9-3-4-14-15-5-9/h3-5,10-12H,2,6-8H2,1H3/t10-,11+,12-/m1/s1. The van der Waals surface area contributed by atoms with E-state index in [4.69, 9.17) is 9.47 Å². The van der Waals surface area contributed by atoms with Crippen molar-refractivity contribution >= 4 is 5.91 Å². The van der Waals surface area contributed by atoms with Crippen molar-refractivity contribution in [1.82, 2.24) is 15.1 Å². The number of hydrogen-bond acceptors (Lipinski definition) is 5. The van der Waals surface area contributed by atoms with Gasteiger partial charge in [0.2, 0.25) is 0 Å². The SMILES string of the molecule is CCO[C@@H]1CN(C(=O)c2ccnnc2)[C@H]2COC[C@@H]12. The number of hydrogen-bond donors (Lipinski definition) is 0. The van der Waals surface area contributed by atoms with E-state index in [2.05, 4.69) is 10.2 Å². The van der Waals surface area contributed by atoms with E-state index >= 15 is 0 Å². The van der Waals surface area contributed by atoms with E-state index in [0.29, 0.717) is 37.8 Å². The van der Waals surface area contributed by atoms with Crippen LogP contribution in [0.3, 0.4) is 0 Å². The Labute approximate surface area is 111 Å². The molecule has 3 rings (SSSR count). The predicted molar refractivity (Wildman–Crippen MR) is 66.6 cm³/mol. The normalized spacial score (nSPS) is 29.5. The highest BCUT2D eigenvalue weighted by molar-refractivity contribution is 5.94. The van der Waals surface area contributed by atoms with Gasteiger partial charge in [-0.1, -0.05) is 0 Å². The molecule has 0 saturated carbocycles. The summed E-state index contributed by atoms with van der Waals surface area (Å²) in [6, 6.07) is 1.81. The Bertz CT molecular complexity index is 454. The van der Waals surface area contributed by atoms with Gasteiger partial charge in [-0.25, -0.2) is 0 Å². The fraction of sp³-hybridized carbons (Fsp3) is 0.615. The van der Waals surface area contributed by atoms with Crippen molar-refractivity contribution in [3.05, 3.63) is 24.0 Å². The van der Waals surface area contributed by atoms with Crippen molar-refractivity contribution in [1.29, 1.82) is 0 Å². The summed E-state index contributed by atoms with van der Waals surface area (Å²) in [6.07, 6.45) is 3.11. The van der Waals surface area contributed by atoms with Crippen molar-refractivity contribution in [2.75, 3.05) is 26.4 Å². The van der Waals surface area contributed by atoms with E-state index in [9.17, 15) is 4.79 Å². The van der Waals surface area contributed by atoms with Crippen LogP contribution in [0.25, 0.3) is 0 Å². The van der Waals surface area contributed by atoms with E-state index in [1.54, 1.807) is 6.07 Å². The van der Waals surface area contributed by atoms with Crippen LogP contribution >= 0.6 is 0 Å². The van der Waals surface area contributed by atoms with Crippen LogP contribution in [0.1, 0.15) is 17.3 Å². The van der Waals surface area contributed by atoms with Crippen LogP contribution in [0.4, 0.5) is 0 Å². The number of rotatable bonds is 3. The van der Waals surface area contributed by atoms with Crippen LogP contribution in [0.5, 0.6) is 0 Å². The molecule has 19 heavy (non-hydrogen) atoms. The number of aromatic nitrogens is 2. The fourth-order valence-electron chi connectivity index (χ4n) is 2.91. The molecule has 3 heterocycles. The first-order valence-electron chi connectivity index (χ1n) is 6.58. The molecule has 0 unspecified atom stereocenters. The second-order valence-corrected chi connectivity index (χ2v) is 4.85. The molecule has 6 nitrogen and oxygen atoms in total. The lowest BCUT2D eigenvalue weighted by atomic mass is 10.0. The molecule has 3 atom stereocenters. The number of ether oxygens (including phenoxy) is 2. The summed E-state index contributed by atoms with van der Waals surface area (Å²) in [7, 11) is 0. The van der Waals surface area contributed by atoms with Gasteiger partial charge in [-0.3, -0.25) is 4.79 Å². The number of likely N-dealkylation sites (tertiary alicyclic amines) is 1. The zero-order valence-corrected chi connectivity index (χ0v) is 10.9. The molecule has 2 fully saturated rings. The first-order chi connectivity index (χ1) is 9.31. The Kier molecular flexibility index (Phi) is 3.44. The molecule has 1 aromatic rings. The highest BCUT2D eigenvalue weighted by atomic mass is 16.5. The van der Waals surface area contributed by atoms with Crippen molar-refractivity contribution < 1.29 is 14.3 Å². The molecular weight excluding hydrogens is 246 g/mol. The highest BCUT2D eigenvalue weighted by Gasteiger charge is 2.47. The Hall–Kier alpha value is -1.53. The molecular formula is C13H17N3O3. The molecule has 1 aromatic heterocycles. The molecule has 6 heteroatoms. The van der Waals surface area contributed by atoms with E-state index in [0.717, 1.165) is 0 Å². The molecule has 0 aliphatic carbocycles. The number of amides is 1. The summed E-state index contributed by atoms with van der Waals surface area (Å²) in [5.74, 6) is 0.274. The van der Waals surface area contributed by atoms with Crippen LogP contribution in [-0.2, 0) is 9.47 Å². The highest BCUT2D eigenvalue weighted by Crippen LogP contribution is 2.32. The van der Waals surface area contributed by atoms with Gasteiger partial charge in [0, 0.05) is 19.1 Å². The second-order valence-electron chi connectivity index (χ2n) is 4.85. The molecule has 2 aliphatic rings. The molecule has 0 radical (unpaired) electrons.